The number of nitrogens with one attached hydrogen (secondary N) is 1. The molecule has 1 aromatic rings. The Hall–Kier alpha value is -1.16. The molecule has 0 fully saturated rings. The molecule has 0 spiro atoms. The minimum atomic E-state index is -2.99. The zero-order valence-corrected chi connectivity index (χ0v) is 15.0. The Morgan fingerprint density at radius 1 is 1.09 bits per heavy atom. The molecule has 0 unspecified atom stereocenters. The molecule has 1 amide bonds. The third-order valence-corrected chi connectivity index (χ3v) is 5.46. The Bertz CT molecular complexity index is 483. The number of benzene rings is 1. The topological polar surface area (TPSA) is 64.6 Å². The van der Waals surface area contributed by atoms with E-state index in [0.29, 0.717) is 38.8 Å². The smallest absolute Gasteiger partial charge is 0.330 e. The van der Waals surface area contributed by atoms with Crippen molar-refractivity contribution in [3.05, 3.63) is 35.9 Å². The van der Waals surface area contributed by atoms with E-state index in [1.54, 1.807) is 13.8 Å². The fourth-order valence-electron chi connectivity index (χ4n) is 2.25. The SMILES string of the molecule is CCOP(=O)(CCCNC(=O)CCCc1ccccc1)OCC. The van der Waals surface area contributed by atoms with Crippen LogP contribution in [0.25, 0.3) is 0 Å². The summed E-state index contributed by atoms with van der Waals surface area (Å²) in [4.78, 5) is 11.8. The van der Waals surface area contributed by atoms with E-state index in [-0.39, 0.29) is 5.91 Å². The minimum absolute atomic E-state index is 0.0311. The molecule has 0 atom stereocenters. The third kappa shape index (κ3) is 8.89. The molecule has 5 nitrogen and oxygen atoms in total. The van der Waals surface area contributed by atoms with Gasteiger partial charge in [0.1, 0.15) is 0 Å². The highest BCUT2D eigenvalue weighted by atomic mass is 31.2. The second-order valence-electron chi connectivity index (χ2n) is 5.21. The van der Waals surface area contributed by atoms with E-state index >= 15 is 0 Å². The highest BCUT2D eigenvalue weighted by molar-refractivity contribution is 7.53. The zero-order chi connectivity index (χ0) is 17.0. The molecule has 0 radical (unpaired) electrons. The predicted molar refractivity (Wildman–Crippen MR) is 92.7 cm³/mol. The van der Waals surface area contributed by atoms with Crippen molar-refractivity contribution in [1.82, 2.24) is 5.32 Å². The summed E-state index contributed by atoms with van der Waals surface area (Å²) in [6.45, 7) is 4.81. The van der Waals surface area contributed by atoms with Gasteiger partial charge in [-0.05, 0) is 38.7 Å². The molecule has 0 bridgehead atoms. The monoisotopic (exact) mass is 341 g/mol. The maximum absolute atomic E-state index is 12.2. The normalized spacial score (nSPS) is 11.4. The lowest BCUT2D eigenvalue weighted by Gasteiger charge is -2.16. The maximum atomic E-state index is 12.2. The van der Waals surface area contributed by atoms with Crippen LogP contribution >= 0.6 is 7.60 Å². The fourth-order valence-corrected chi connectivity index (χ4v) is 3.91. The second kappa shape index (κ2) is 11.4. The van der Waals surface area contributed by atoms with Gasteiger partial charge in [-0.25, -0.2) is 0 Å². The standard InChI is InChI=1S/C17H28NO4P/c1-3-21-23(20,22-4-2)15-9-14-18-17(19)13-8-12-16-10-6-5-7-11-16/h5-7,10-11H,3-4,8-9,12-15H2,1-2H3,(H,18,19). The van der Waals surface area contributed by atoms with Gasteiger partial charge in [0.25, 0.3) is 0 Å². The van der Waals surface area contributed by atoms with Gasteiger partial charge in [0.05, 0.1) is 19.4 Å². The Morgan fingerprint density at radius 3 is 2.35 bits per heavy atom. The largest absolute Gasteiger partial charge is 0.356 e. The van der Waals surface area contributed by atoms with E-state index < -0.39 is 7.60 Å². The maximum Gasteiger partial charge on any atom is 0.330 e. The molecule has 0 saturated heterocycles. The van der Waals surface area contributed by atoms with E-state index in [4.69, 9.17) is 9.05 Å². The van der Waals surface area contributed by atoms with Crippen LogP contribution in [-0.2, 0) is 24.8 Å². The van der Waals surface area contributed by atoms with E-state index in [2.05, 4.69) is 17.4 Å². The summed E-state index contributed by atoms with van der Waals surface area (Å²) in [6.07, 6.45) is 3.15. The van der Waals surface area contributed by atoms with Crippen LogP contribution < -0.4 is 5.32 Å². The van der Waals surface area contributed by atoms with Gasteiger partial charge >= 0.3 is 7.60 Å². The van der Waals surface area contributed by atoms with Crippen molar-refractivity contribution in [2.24, 2.45) is 0 Å². The highest BCUT2D eigenvalue weighted by Gasteiger charge is 2.22. The quantitative estimate of drug-likeness (QED) is 0.464. The number of carbonyl (C=O) groups excluding carboxylic acids is 1. The first kappa shape index (κ1) is 19.9. The van der Waals surface area contributed by atoms with Crippen LogP contribution in [0, 0.1) is 0 Å². The van der Waals surface area contributed by atoms with E-state index in [0.717, 1.165) is 12.8 Å². The number of hydrogen-bond donors (Lipinski definition) is 1. The van der Waals surface area contributed by atoms with Gasteiger partial charge in [0, 0.05) is 13.0 Å². The lowest BCUT2D eigenvalue weighted by Crippen LogP contribution is -2.25. The Labute approximate surface area is 139 Å². The first-order chi connectivity index (χ1) is 11.1. The van der Waals surface area contributed by atoms with Crippen molar-refractivity contribution in [1.29, 1.82) is 0 Å². The molecule has 0 saturated carbocycles. The molecule has 0 aliphatic carbocycles. The van der Waals surface area contributed by atoms with Gasteiger partial charge in [0.15, 0.2) is 0 Å². The predicted octanol–water partition coefficient (Wildman–Crippen LogP) is 3.78. The average Bonchev–Trinajstić information content (AvgIpc) is 2.53. The Balaban J connectivity index is 2.15. The molecule has 0 aliphatic heterocycles. The molecule has 1 aromatic carbocycles. The summed E-state index contributed by atoms with van der Waals surface area (Å²) in [5.74, 6) is 0.0311. The minimum Gasteiger partial charge on any atom is -0.356 e. The third-order valence-electron chi connectivity index (χ3n) is 3.29. The summed E-state index contributed by atoms with van der Waals surface area (Å²) in [7, 11) is -2.99. The Morgan fingerprint density at radius 2 is 1.74 bits per heavy atom. The number of hydrogen-bond acceptors (Lipinski definition) is 4. The van der Waals surface area contributed by atoms with Crippen LogP contribution in [0.15, 0.2) is 30.3 Å². The number of amides is 1. The first-order valence-corrected chi connectivity index (χ1v) is 10.0. The molecular weight excluding hydrogens is 313 g/mol. The average molecular weight is 341 g/mol. The van der Waals surface area contributed by atoms with Crippen molar-refractivity contribution >= 4 is 13.5 Å². The molecular formula is C17H28NO4P. The summed E-state index contributed by atoms with van der Waals surface area (Å²) in [5, 5.41) is 2.85. The van der Waals surface area contributed by atoms with Gasteiger partial charge in [-0.1, -0.05) is 30.3 Å². The second-order valence-corrected chi connectivity index (χ2v) is 7.40. The number of aryl methyl sites for hydroxylation is 1. The van der Waals surface area contributed by atoms with E-state index in [9.17, 15) is 9.36 Å². The molecule has 0 aromatic heterocycles. The summed E-state index contributed by atoms with van der Waals surface area (Å²) in [6, 6.07) is 10.1. The van der Waals surface area contributed by atoms with Crippen molar-refractivity contribution in [3.8, 4) is 0 Å². The summed E-state index contributed by atoms with van der Waals surface area (Å²) >= 11 is 0. The van der Waals surface area contributed by atoms with Crippen LogP contribution in [0.1, 0.15) is 38.7 Å². The fraction of sp³-hybridized carbons (Fsp3) is 0.588. The highest BCUT2D eigenvalue weighted by Crippen LogP contribution is 2.48. The van der Waals surface area contributed by atoms with E-state index in [1.165, 1.54) is 5.56 Å². The molecule has 23 heavy (non-hydrogen) atoms. The van der Waals surface area contributed by atoms with Gasteiger partial charge in [-0.15, -0.1) is 0 Å². The Kier molecular flexibility index (Phi) is 9.85. The molecule has 1 N–H and O–H groups in total. The van der Waals surface area contributed by atoms with Gasteiger partial charge in [-0.2, -0.15) is 0 Å². The molecule has 0 aliphatic rings. The lowest BCUT2D eigenvalue weighted by atomic mass is 10.1. The van der Waals surface area contributed by atoms with Crippen LogP contribution in [0.5, 0.6) is 0 Å². The zero-order valence-electron chi connectivity index (χ0n) is 14.1. The van der Waals surface area contributed by atoms with Crippen LogP contribution in [0.3, 0.4) is 0 Å². The number of rotatable bonds is 12. The van der Waals surface area contributed by atoms with Crippen LogP contribution in [0.2, 0.25) is 0 Å². The van der Waals surface area contributed by atoms with Crippen molar-refractivity contribution in [3.63, 3.8) is 0 Å². The van der Waals surface area contributed by atoms with Crippen molar-refractivity contribution in [2.75, 3.05) is 25.9 Å². The van der Waals surface area contributed by atoms with Crippen LogP contribution in [-0.4, -0.2) is 31.8 Å². The molecule has 1 rings (SSSR count). The van der Waals surface area contributed by atoms with Crippen LogP contribution in [0.4, 0.5) is 0 Å². The van der Waals surface area contributed by atoms with Crippen molar-refractivity contribution in [2.45, 2.75) is 39.5 Å². The summed E-state index contributed by atoms with van der Waals surface area (Å²) in [5.41, 5.74) is 1.25. The van der Waals surface area contributed by atoms with Gasteiger partial charge < -0.3 is 14.4 Å². The molecule has 0 heterocycles. The van der Waals surface area contributed by atoms with Gasteiger partial charge in [0.2, 0.25) is 5.91 Å². The first-order valence-electron chi connectivity index (χ1n) is 8.28. The van der Waals surface area contributed by atoms with E-state index in [1.807, 2.05) is 18.2 Å². The molecule has 130 valence electrons. The lowest BCUT2D eigenvalue weighted by molar-refractivity contribution is -0.121. The number of carbonyl (C=O) groups is 1. The molecule has 6 heteroatoms. The van der Waals surface area contributed by atoms with Gasteiger partial charge in [-0.3, -0.25) is 9.36 Å². The van der Waals surface area contributed by atoms with Crippen molar-refractivity contribution < 1.29 is 18.4 Å². The summed E-state index contributed by atoms with van der Waals surface area (Å²) < 4.78 is 22.7.